The number of rotatable bonds is 6. The van der Waals surface area contributed by atoms with Crippen molar-refractivity contribution in [1.82, 2.24) is 15.3 Å². The first-order valence-corrected chi connectivity index (χ1v) is 7.06. The monoisotopic (exact) mass is 337 g/mol. The number of amides is 1. The summed E-state index contributed by atoms with van der Waals surface area (Å²) >= 11 is 0. The van der Waals surface area contributed by atoms with Gasteiger partial charge in [0, 0.05) is 24.9 Å². The summed E-state index contributed by atoms with van der Waals surface area (Å²) in [5.41, 5.74) is -1.30. The normalized spacial score (nSPS) is 16.8. The van der Waals surface area contributed by atoms with Crippen molar-refractivity contribution >= 4 is 17.8 Å². The maximum Gasteiger partial charge on any atom is 0.331 e. The van der Waals surface area contributed by atoms with Gasteiger partial charge in [-0.05, 0) is 6.42 Å². The molecule has 0 spiro atoms. The number of hydrogen-bond acceptors (Lipinski definition) is 7. The molecule has 2 rings (SSSR count). The van der Waals surface area contributed by atoms with Crippen molar-refractivity contribution in [3.63, 3.8) is 0 Å². The highest BCUT2D eigenvalue weighted by Crippen LogP contribution is 2.09. The smallest absolute Gasteiger partial charge is 0.331 e. The second-order valence-corrected chi connectivity index (χ2v) is 4.94. The van der Waals surface area contributed by atoms with Gasteiger partial charge in [-0.2, -0.15) is 0 Å². The molecule has 2 heterocycles. The molecule has 1 atom stereocenters. The van der Waals surface area contributed by atoms with E-state index in [0.717, 1.165) is 18.3 Å². The van der Waals surface area contributed by atoms with Crippen LogP contribution in [-0.4, -0.2) is 41.0 Å². The van der Waals surface area contributed by atoms with Crippen LogP contribution >= 0.6 is 0 Å². The summed E-state index contributed by atoms with van der Waals surface area (Å²) in [5.74, 6) is -2.19. The lowest BCUT2D eigenvalue weighted by molar-refractivity contribution is -0.142. The zero-order valence-electron chi connectivity index (χ0n) is 12.5. The van der Waals surface area contributed by atoms with E-state index in [1.807, 2.05) is 4.98 Å². The second-order valence-electron chi connectivity index (χ2n) is 4.94. The van der Waals surface area contributed by atoms with E-state index in [1.165, 1.54) is 0 Å². The predicted octanol–water partition coefficient (Wildman–Crippen LogP) is -1.66. The average molecular weight is 337 g/mol. The quantitative estimate of drug-likeness (QED) is 0.416. The van der Waals surface area contributed by atoms with E-state index in [-0.39, 0.29) is 30.6 Å². The van der Waals surface area contributed by atoms with Gasteiger partial charge in [0.1, 0.15) is 13.2 Å². The molecule has 0 radical (unpaired) electrons. The van der Waals surface area contributed by atoms with Crippen LogP contribution in [0.4, 0.5) is 0 Å². The summed E-state index contributed by atoms with van der Waals surface area (Å²) in [5, 5.41) is 2.61. The van der Waals surface area contributed by atoms with Gasteiger partial charge in [-0.1, -0.05) is 0 Å². The van der Waals surface area contributed by atoms with Gasteiger partial charge in [-0.3, -0.25) is 14.6 Å². The lowest BCUT2D eigenvalue weighted by Crippen LogP contribution is -2.25. The Morgan fingerprint density at radius 1 is 1.17 bits per heavy atom. The molecule has 0 aliphatic carbocycles. The fourth-order valence-electron chi connectivity index (χ4n) is 1.91. The number of aromatic nitrogens is 2. The number of nitrogens with one attached hydrogen (secondary N) is 3. The molecule has 1 fully saturated rings. The lowest BCUT2D eigenvalue weighted by atomic mass is 10.1. The van der Waals surface area contributed by atoms with Gasteiger partial charge in [-0.25, -0.2) is 14.4 Å². The molecule has 1 unspecified atom stereocenters. The molecule has 1 aromatic heterocycles. The van der Waals surface area contributed by atoms with Crippen LogP contribution in [0.2, 0.25) is 0 Å². The number of aromatic amines is 2. The minimum Gasteiger partial charge on any atom is -0.462 e. The fourth-order valence-corrected chi connectivity index (χ4v) is 1.91. The average Bonchev–Trinajstić information content (AvgIpc) is 2.95. The maximum atomic E-state index is 11.4. The SMILES string of the molecule is O=C(/C=C/C(=O)OCC1CCNC1=O)OCc1c[nH]c(=O)[nH]c1=O. The third-order valence-electron chi connectivity index (χ3n) is 3.21. The van der Waals surface area contributed by atoms with Crippen molar-refractivity contribution in [3.05, 3.63) is 44.8 Å². The molecular weight excluding hydrogens is 322 g/mol. The van der Waals surface area contributed by atoms with Crippen molar-refractivity contribution < 1.29 is 23.9 Å². The Hall–Kier alpha value is -3.17. The van der Waals surface area contributed by atoms with Crippen LogP contribution in [0.15, 0.2) is 27.9 Å². The van der Waals surface area contributed by atoms with Gasteiger partial charge in [0.05, 0.1) is 11.5 Å². The molecule has 128 valence electrons. The van der Waals surface area contributed by atoms with Crippen molar-refractivity contribution in [2.75, 3.05) is 13.2 Å². The summed E-state index contributed by atoms with van der Waals surface area (Å²) in [6.07, 6.45) is 3.42. The molecule has 24 heavy (non-hydrogen) atoms. The minimum absolute atomic E-state index is 0.0474. The van der Waals surface area contributed by atoms with Crippen molar-refractivity contribution in [1.29, 1.82) is 0 Å². The summed E-state index contributed by atoms with van der Waals surface area (Å²) < 4.78 is 9.61. The molecule has 3 N–H and O–H groups in total. The van der Waals surface area contributed by atoms with E-state index in [0.29, 0.717) is 13.0 Å². The molecule has 1 aliphatic heterocycles. The predicted molar refractivity (Wildman–Crippen MR) is 78.7 cm³/mol. The van der Waals surface area contributed by atoms with Gasteiger partial charge in [0.25, 0.3) is 5.56 Å². The Balaban J connectivity index is 1.75. The molecule has 10 heteroatoms. The van der Waals surface area contributed by atoms with Crippen molar-refractivity contribution in [2.45, 2.75) is 13.0 Å². The van der Waals surface area contributed by atoms with Crippen LogP contribution in [0.25, 0.3) is 0 Å². The highest BCUT2D eigenvalue weighted by molar-refractivity contribution is 5.91. The molecule has 0 saturated carbocycles. The maximum absolute atomic E-state index is 11.4. The molecular formula is C14H15N3O7. The topological polar surface area (TPSA) is 147 Å². The number of ether oxygens (including phenoxy) is 2. The first-order chi connectivity index (χ1) is 11.5. The first kappa shape index (κ1) is 17.2. The van der Waals surface area contributed by atoms with Gasteiger partial charge in [0.15, 0.2) is 0 Å². The van der Waals surface area contributed by atoms with E-state index in [4.69, 9.17) is 9.47 Å². The summed E-state index contributed by atoms with van der Waals surface area (Å²) in [7, 11) is 0. The van der Waals surface area contributed by atoms with Crippen LogP contribution in [0.1, 0.15) is 12.0 Å². The number of hydrogen-bond donors (Lipinski definition) is 3. The van der Waals surface area contributed by atoms with Gasteiger partial charge >= 0.3 is 17.6 Å². The Labute approximate surface area is 134 Å². The van der Waals surface area contributed by atoms with Crippen LogP contribution in [-0.2, 0) is 30.5 Å². The number of H-pyrrole nitrogens is 2. The van der Waals surface area contributed by atoms with E-state index in [9.17, 15) is 24.0 Å². The Morgan fingerprint density at radius 2 is 1.88 bits per heavy atom. The van der Waals surface area contributed by atoms with Crippen molar-refractivity contribution in [3.8, 4) is 0 Å². The molecule has 0 aromatic carbocycles. The van der Waals surface area contributed by atoms with E-state index < -0.39 is 23.2 Å². The zero-order chi connectivity index (χ0) is 17.5. The molecule has 1 aromatic rings. The molecule has 1 saturated heterocycles. The highest BCUT2D eigenvalue weighted by Gasteiger charge is 2.25. The fraction of sp³-hybridized carbons (Fsp3) is 0.357. The summed E-state index contributed by atoms with van der Waals surface area (Å²) in [6, 6.07) is 0. The highest BCUT2D eigenvalue weighted by atomic mass is 16.5. The number of esters is 2. The van der Waals surface area contributed by atoms with E-state index >= 15 is 0 Å². The Kier molecular flexibility index (Phi) is 5.66. The largest absolute Gasteiger partial charge is 0.462 e. The number of carbonyl (C=O) groups is 3. The number of carbonyl (C=O) groups excluding carboxylic acids is 3. The third kappa shape index (κ3) is 4.93. The van der Waals surface area contributed by atoms with Gasteiger partial charge in [-0.15, -0.1) is 0 Å². The van der Waals surface area contributed by atoms with E-state index in [1.54, 1.807) is 0 Å². The Morgan fingerprint density at radius 3 is 2.50 bits per heavy atom. The summed E-state index contributed by atoms with van der Waals surface area (Å²) in [6.45, 7) is 0.122. The second kappa shape index (κ2) is 7.90. The van der Waals surface area contributed by atoms with Crippen LogP contribution in [0, 0.1) is 5.92 Å². The molecule has 1 amide bonds. The third-order valence-corrected chi connectivity index (χ3v) is 3.21. The minimum atomic E-state index is -0.865. The first-order valence-electron chi connectivity index (χ1n) is 7.06. The van der Waals surface area contributed by atoms with Gasteiger partial charge < -0.3 is 19.8 Å². The lowest BCUT2D eigenvalue weighted by Gasteiger charge is -2.06. The van der Waals surface area contributed by atoms with Crippen LogP contribution in [0.5, 0.6) is 0 Å². The van der Waals surface area contributed by atoms with Crippen LogP contribution in [0.3, 0.4) is 0 Å². The molecule has 1 aliphatic rings. The van der Waals surface area contributed by atoms with Crippen LogP contribution < -0.4 is 16.6 Å². The molecule has 0 bridgehead atoms. The zero-order valence-corrected chi connectivity index (χ0v) is 12.5. The standard InChI is InChI=1S/C14H15N3O7/c18-10(23-6-8-3-4-15-12(8)20)1-2-11(19)24-7-9-5-16-14(22)17-13(9)21/h1-2,5,8H,3-4,6-7H2,(H,15,20)(H2,16,17,21,22)/b2-1+. The van der Waals surface area contributed by atoms with E-state index in [2.05, 4.69) is 10.3 Å². The molecule has 10 nitrogen and oxygen atoms in total. The summed E-state index contributed by atoms with van der Waals surface area (Å²) in [4.78, 5) is 60.6. The van der Waals surface area contributed by atoms with Gasteiger partial charge in [0.2, 0.25) is 5.91 Å². The van der Waals surface area contributed by atoms with Crippen molar-refractivity contribution in [2.24, 2.45) is 5.92 Å². The Bertz CT molecular complexity index is 777.